The van der Waals surface area contributed by atoms with Crippen LogP contribution in [-0.4, -0.2) is 46.9 Å². The molecule has 20 heavy (non-hydrogen) atoms. The molecule has 1 aromatic rings. The molecule has 106 valence electrons. The number of likely N-dealkylation sites (tertiary alicyclic amines) is 1. The first-order valence-electron chi connectivity index (χ1n) is 7.03. The zero-order valence-corrected chi connectivity index (χ0v) is 11.6. The van der Waals surface area contributed by atoms with Crippen molar-refractivity contribution in [2.24, 2.45) is 5.73 Å². The number of rotatable bonds is 2. The molecule has 3 rings (SSSR count). The molecule has 2 aliphatic heterocycles. The normalized spacial score (nSPS) is 27.0. The van der Waals surface area contributed by atoms with Crippen molar-refractivity contribution in [1.29, 1.82) is 0 Å². The molecule has 5 nitrogen and oxygen atoms in total. The van der Waals surface area contributed by atoms with E-state index in [0.717, 1.165) is 19.4 Å². The maximum absolute atomic E-state index is 12.3. The van der Waals surface area contributed by atoms with Gasteiger partial charge in [0.15, 0.2) is 0 Å². The highest BCUT2D eigenvalue weighted by Crippen LogP contribution is 2.24. The van der Waals surface area contributed by atoms with Gasteiger partial charge >= 0.3 is 0 Å². The molecule has 2 amide bonds. The quantitative estimate of drug-likeness (QED) is 0.818. The minimum absolute atomic E-state index is 0.187. The minimum Gasteiger partial charge on any atom is -0.328 e. The molecule has 2 atom stereocenters. The molecule has 1 fully saturated rings. The van der Waals surface area contributed by atoms with E-state index in [4.69, 9.17) is 5.73 Å². The number of carbonyl (C=O) groups excluding carboxylic acids is 2. The van der Waals surface area contributed by atoms with Gasteiger partial charge in [-0.3, -0.25) is 19.4 Å². The average molecular weight is 273 g/mol. The van der Waals surface area contributed by atoms with Crippen molar-refractivity contribution in [2.75, 3.05) is 13.2 Å². The predicted octanol–water partition coefficient (Wildman–Crippen LogP) is 1.05. The van der Waals surface area contributed by atoms with Crippen molar-refractivity contribution < 1.29 is 9.59 Å². The Morgan fingerprint density at radius 3 is 2.35 bits per heavy atom. The Bertz CT molecular complexity index is 523. The predicted molar refractivity (Wildman–Crippen MR) is 75.2 cm³/mol. The fourth-order valence-electron chi connectivity index (χ4n) is 3.02. The second-order valence-electron chi connectivity index (χ2n) is 5.67. The number of hydrogen-bond acceptors (Lipinski definition) is 4. The Labute approximate surface area is 118 Å². The molecule has 0 saturated carbocycles. The molecule has 2 aliphatic rings. The minimum atomic E-state index is -0.187. The molecule has 0 radical (unpaired) electrons. The highest BCUT2D eigenvalue weighted by Gasteiger charge is 2.37. The van der Waals surface area contributed by atoms with E-state index in [1.165, 1.54) is 4.90 Å². The smallest absolute Gasteiger partial charge is 0.262 e. The lowest BCUT2D eigenvalue weighted by molar-refractivity contribution is 0.0429. The van der Waals surface area contributed by atoms with Gasteiger partial charge in [-0.05, 0) is 31.9 Å². The van der Waals surface area contributed by atoms with E-state index in [1.54, 1.807) is 24.3 Å². The summed E-state index contributed by atoms with van der Waals surface area (Å²) < 4.78 is 0. The van der Waals surface area contributed by atoms with Crippen LogP contribution in [0.15, 0.2) is 24.3 Å². The van der Waals surface area contributed by atoms with Crippen molar-refractivity contribution in [3.8, 4) is 0 Å². The maximum atomic E-state index is 12.3. The summed E-state index contributed by atoms with van der Waals surface area (Å²) in [5, 5.41) is 0. The number of carbonyl (C=O) groups is 2. The standard InChI is InChI=1S/C15H19N3O2/c1-10-8-11(16)6-7-17(10)9-18-14(19)12-4-2-3-5-13(12)15(18)20/h2-5,10-11H,6-9,16H2,1H3. The lowest BCUT2D eigenvalue weighted by atomic mass is 10.00. The highest BCUT2D eigenvalue weighted by atomic mass is 16.2. The molecular weight excluding hydrogens is 254 g/mol. The van der Waals surface area contributed by atoms with E-state index in [9.17, 15) is 9.59 Å². The van der Waals surface area contributed by atoms with Crippen LogP contribution < -0.4 is 5.73 Å². The van der Waals surface area contributed by atoms with Crippen molar-refractivity contribution >= 4 is 11.8 Å². The second-order valence-corrected chi connectivity index (χ2v) is 5.67. The van der Waals surface area contributed by atoms with Gasteiger partial charge in [0.2, 0.25) is 0 Å². The number of piperidine rings is 1. The molecule has 5 heteroatoms. The number of nitrogens with zero attached hydrogens (tertiary/aromatic N) is 2. The summed E-state index contributed by atoms with van der Waals surface area (Å²) in [5.41, 5.74) is 6.97. The molecule has 0 bridgehead atoms. The van der Waals surface area contributed by atoms with Crippen molar-refractivity contribution in [1.82, 2.24) is 9.80 Å². The molecule has 2 unspecified atom stereocenters. The molecule has 2 N–H and O–H groups in total. The van der Waals surface area contributed by atoms with Gasteiger partial charge in [-0.15, -0.1) is 0 Å². The van der Waals surface area contributed by atoms with Crippen LogP contribution in [-0.2, 0) is 0 Å². The number of nitrogens with two attached hydrogens (primary N) is 1. The third-order valence-corrected chi connectivity index (χ3v) is 4.26. The average Bonchev–Trinajstić information content (AvgIpc) is 2.67. The summed E-state index contributed by atoms with van der Waals surface area (Å²) in [6.45, 7) is 3.28. The van der Waals surface area contributed by atoms with E-state index >= 15 is 0 Å². The zero-order valence-electron chi connectivity index (χ0n) is 11.6. The van der Waals surface area contributed by atoms with Crippen LogP contribution in [0.5, 0.6) is 0 Å². The molecule has 0 aromatic heterocycles. The molecule has 0 aliphatic carbocycles. The van der Waals surface area contributed by atoms with E-state index in [2.05, 4.69) is 11.8 Å². The third-order valence-electron chi connectivity index (χ3n) is 4.26. The van der Waals surface area contributed by atoms with Crippen LogP contribution in [0.3, 0.4) is 0 Å². The third kappa shape index (κ3) is 2.13. The number of amides is 2. The van der Waals surface area contributed by atoms with Gasteiger partial charge in [-0.25, -0.2) is 0 Å². The largest absolute Gasteiger partial charge is 0.328 e. The first kappa shape index (κ1) is 13.3. The van der Waals surface area contributed by atoms with Crippen LogP contribution in [0.4, 0.5) is 0 Å². The lowest BCUT2D eigenvalue weighted by Crippen LogP contribution is -2.51. The summed E-state index contributed by atoms with van der Waals surface area (Å²) in [7, 11) is 0. The van der Waals surface area contributed by atoms with E-state index in [-0.39, 0.29) is 17.9 Å². The van der Waals surface area contributed by atoms with E-state index < -0.39 is 0 Å². The summed E-state index contributed by atoms with van der Waals surface area (Å²) in [5.74, 6) is -0.375. The van der Waals surface area contributed by atoms with Gasteiger partial charge in [0.1, 0.15) is 0 Å². The maximum Gasteiger partial charge on any atom is 0.262 e. The first-order chi connectivity index (χ1) is 9.58. The van der Waals surface area contributed by atoms with Crippen LogP contribution in [0.1, 0.15) is 40.5 Å². The van der Waals surface area contributed by atoms with Gasteiger partial charge in [-0.1, -0.05) is 12.1 Å². The van der Waals surface area contributed by atoms with Crippen LogP contribution >= 0.6 is 0 Å². The Morgan fingerprint density at radius 2 is 1.80 bits per heavy atom. The number of fused-ring (bicyclic) bond motifs is 1. The van der Waals surface area contributed by atoms with Gasteiger partial charge in [0.25, 0.3) is 11.8 Å². The van der Waals surface area contributed by atoms with Gasteiger partial charge in [0.05, 0.1) is 17.8 Å². The van der Waals surface area contributed by atoms with Crippen LogP contribution in [0.2, 0.25) is 0 Å². The Hall–Kier alpha value is -1.72. The summed E-state index contributed by atoms with van der Waals surface area (Å²) in [6.07, 6.45) is 1.82. The number of hydrogen-bond donors (Lipinski definition) is 1. The topological polar surface area (TPSA) is 66.6 Å². The fourth-order valence-corrected chi connectivity index (χ4v) is 3.02. The van der Waals surface area contributed by atoms with Gasteiger partial charge in [0, 0.05) is 18.6 Å². The molecule has 1 saturated heterocycles. The van der Waals surface area contributed by atoms with Gasteiger partial charge < -0.3 is 5.73 Å². The Morgan fingerprint density at radius 1 is 1.20 bits per heavy atom. The van der Waals surface area contributed by atoms with E-state index in [0.29, 0.717) is 23.8 Å². The SMILES string of the molecule is CC1CC(N)CCN1CN1C(=O)c2ccccc2C1=O. The summed E-state index contributed by atoms with van der Waals surface area (Å²) >= 11 is 0. The molecule has 0 spiro atoms. The van der Waals surface area contributed by atoms with Crippen molar-refractivity contribution in [3.63, 3.8) is 0 Å². The lowest BCUT2D eigenvalue weighted by Gasteiger charge is -2.37. The molecule has 1 aromatic carbocycles. The molecular formula is C15H19N3O2. The second kappa shape index (κ2) is 5.00. The Kier molecular flexibility index (Phi) is 3.31. The first-order valence-corrected chi connectivity index (χ1v) is 7.03. The van der Waals surface area contributed by atoms with Crippen molar-refractivity contribution in [3.05, 3.63) is 35.4 Å². The Balaban J connectivity index is 1.77. The fraction of sp³-hybridized carbons (Fsp3) is 0.467. The monoisotopic (exact) mass is 273 g/mol. The zero-order chi connectivity index (χ0) is 14.3. The summed E-state index contributed by atoms with van der Waals surface area (Å²) in [4.78, 5) is 28.1. The molecule has 2 heterocycles. The number of benzene rings is 1. The van der Waals surface area contributed by atoms with Crippen LogP contribution in [0.25, 0.3) is 0 Å². The highest BCUT2D eigenvalue weighted by molar-refractivity contribution is 6.21. The van der Waals surface area contributed by atoms with Gasteiger partial charge in [-0.2, -0.15) is 0 Å². The number of imide groups is 1. The summed E-state index contributed by atoms with van der Waals surface area (Å²) in [6, 6.07) is 7.52. The van der Waals surface area contributed by atoms with E-state index in [1.807, 2.05) is 0 Å². The van der Waals surface area contributed by atoms with Crippen LogP contribution in [0, 0.1) is 0 Å². The van der Waals surface area contributed by atoms with Crippen molar-refractivity contribution in [2.45, 2.75) is 31.8 Å².